The summed E-state index contributed by atoms with van der Waals surface area (Å²) in [5, 5.41) is 0. The van der Waals surface area contributed by atoms with Crippen LogP contribution in [-0.4, -0.2) is 81.5 Å². The van der Waals surface area contributed by atoms with Crippen LogP contribution in [0.4, 0.5) is 5.69 Å². The van der Waals surface area contributed by atoms with Gasteiger partial charge in [-0.15, -0.1) is 0 Å². The molecule has 3 aliphatic heterocycles. The molecule has 9 nitrogen and oxygen atoms in total. The Balaban J connectivity index is 1.38. The molecular formula is C25H29N3O6S. The Morgan fingerprint density at radius 3 is 2.26 bits per heavy atom. The minimum absolute atomic E-state index is 0.0962. The van der Waals surface area contributed by atoms with Crippen molar-refractivity contribution in [2.24, 2.45) is 0 Å². The molecule has 3 aliphatic rings. The van der Waals surface area contributed by atoms with Crippen molar-refractivity contribution in [2.45, 2.75) is 30.3 Å². The average Bonchev–Trinajstić information content (AvgIpc) is 2.92. The Morgan fingerprint density at radius 2 is 1.54 bits per heavy atom. The van der Waals surface area contributed by atoms with E-state index in [0.29, 0.717) is 56.4 Å². The van der Waals surface area contributed by atoms with Gasteiger partial charge in [0, 0.05) is 31.7 Å². The number of likely N-dealkylation sites (tertiary alicyclic amines) is 1. The lowest BCUT2D eigenvalue weighted by Gasteiger charge is -2.37. The summed E-state index contributed by atoms with van der Waals surface area (Å²) in [6.45, 7) is 2.84. The molecule has 186 valence electrons. The number of benzene rings is 2. The van der Waals surface area contributed by atoms with Crippen molar-refractivity contribution >= 4 is 27.5 Å². The summed E-state index contributed by atoms with van der Waals surface area (Å²) in [5.41, 5.74) is 0.928. The Morgan fingerprint density at radius 1 is 0.857 bits per heavy atom. The minimum Gasteiger partial charge on any atom is -0.476 e. The van der Waals surface area contributed by atoms with Crippen LogP contribution in [0.3, 0.4) is 0 Å². The van der Waals surface area contributed by atoms with Crippen LogP contribution in [0.5, 0.6) is 5.75 Å². The molecule has 2 aromatic carbocycles. The first-order valence-corrected chi connectivity index (χ1v) is 13.4. The maximum atomic E-state index is 13.5. The molecule has 2 aromatic rings. The topological polar surface area (TPSA) is 96.5 Å². The molecule has 3 heterocycles. The molecular weight excluding hydrogens is 470 g/mol. The summed E-state index contributed by atoms with van der Waals surface area (Å²) < 4.78 is 38.5. The lowest BCUT2D eigenvalue weighted by Crippen LogP contribution is -2.52. The van der Waals surface area contributed by atoms with Gasteiger partial charge in [-0.25, -0.2) is 8.42 Å². The van der Waals surface area contributed by atoms with Gasteiger partial charge in [-0.2, -0.15) is 4.31 Å². The van der Waals surface area contributed by atoms with Crippen LogP contribution in [0, 0.1) is 0 Å². The van der Waals surface area contributed by atoms with Gasteiger partial charge in [-0.3, -0.25) is 9.59 Å². The standard InChI is InChI=1S/C25H29N3O6S/c29-24(19-8-10-20(11-9-19)35(31,32)27-14-16-33-17-15-27)28-18-23(25(30)26-12-4-1-5-13-26)34-22-7-3-2-6-21(22)28/h2-3,6-11,23H,1,4-5,12-18H2/t23-/m0/s1. The molecule has 0 radical (unpaired) electrons. The fourth-order valence-corrected chi connectivity index (χ4v) is 6.14. The number of hydrogen-bond donors (Lipinski definition) is 0. The van der Waals surface area contributed by atoms with E-state index in [2.05, 4.69) is 0 Å². The van der Waals surface area contributed by atoms with Crippen LogP contribution in [0.2, 0.25) is 0 Å². The lowest BCUT2D eigenvalue weighted by atomic mass is 10.1. The first-order chi connectivity index (χ1) is 16.9. The number of para-hydroxylation sites is 2. The second kappa shape index (κ2) is 9.96. The summed E-state index contributed by atoms with van der Waals surface area (Å²) >= 11 is 0. The fourth-order valence-electron chi connectivity index (χ4n) is 4.73. The van der Waals surface area contributed by atoms with Crippen LogP contribution < -0.4 is 9.64 Å². The van der Waals surface area contributed by atoms with Gasteiger partial charge in [0.1, 0.15) is 5.75 Å². The molecule has 5 rings (SSSR count). The summed E-state index contributed by atoms with van der Waals surface area (Å²) in [5.74, 6) is 0.0606. The molecule has 0 N–H and O–H groups in total. The van der Waals surface area contributed by atoms with Crippen molar-refractivity contribution in [3.8, 4) is 5.75 Å². The highest BCUT2D eigenvalue weighted by Gasteiger charge is 2.37. The van der Waals surface area contributed by atoms with Crippen LogP contribution in [0.25, 0.3) is 0 Å². The SMILES string of the molecule is O=C([C@@H]1CN(C(=O)c2ccc(S(=O)(=O)N3CCOCC3)cc2)c2ccccc2O1)N1CCCCC1. The van der Waals surface area contributed by atoms with Crippen molar-refractivity contribution in [1.82, 2.24) is 9.21 Å². The lowest BCUT2D eigenvalue weighted by molar-refractivity contribution is -0.139. The first kappa shape index (κ1) is 23.8. The smallest absolute Gasteiger partial charge is 0.265 e. The van der Waals surface area contributed by atoms with Crippen molar-refractivity contribution in [3.05, 3.63) is 54.1 Å². The molecule has 2 amide bonds. The van der Waals surface area contributed by atoms with Gasteiger partial charge in [0.2, 0.25) is 10.0 Å². The average molecular weight is 500 g/mol. The third-order valence-electron chi connectivity index (χ3n) is 6.67. The van der Waals surface area contributed by atoms with Gasteiger partial charge in [-0.1, -0.05) is 12.1 Å². The number of fused-ring (bicyclic) bond motifs is 1. The van der Waals surface area contributed by atoms with Crippen molar-refractivity contribution < 1.29 is 27.5 Å². The molecule has 2 fully saturated rings. The van der Waals surface area contributed by atoms with Gasteiger partial charge in [0.05, 0.1) is 30.3 Å². The number of ether oxygens (including phenoxy) is 2. The fraction of sp³-hybridized carbons (Fsp3) is 0.440. The largest absolute Gasteiger partial charge is 0.476 e. The Kier molecular flexibility index (Phi) is 6.77. The van der Waals surface area contributed by atoms with Gasteiger partial charge in [-0.05, 0) is 55.7 Å². The van der Waals surface area contributed by atoms with Crippen molar-refractivity contribution in [1.29, 1.82) is 0 Å². The third kappa shape index (κ3) is 4.78. The van der Waals surface area contributed by atoms with E-state index in [1.54, 1.807) is 23.1 Å². The second-order valence-corrected chi connectivity index (χ2v) is 10.9. The number of sulfonamides is 1. The predicted octanol–water partition coefficient (Wildman–Crippen LogP) is 2.13. The monoisotopic (exact) mass is 499 g/mol. The highest BCUT2D eigenvalue weighted by molar-refractivity contribution is 7.89. The maximum Gasteiger partial charge on any atom is 0.265 e. The van der Waals surface area contributed by atoms with Gasteiger partial charge in [0.15, 0.2) is 6.10 Å². The minimum atomic E-state index is -3.65. The Hall–Kier alpha value is -2.95. The quantitative estimate of drug-likeness (QED) is 0.640. The third-order valence-corrected chi connectivity index (χ3v) is 8.58. The summed E-state index contributed by atoms with van der Waals surface area (Å²) in [4.78, 5) is 30.2. The Bertz CT molecular complexity index is 1190. The van der Waals surface area contributed by atoms with Crippen LogP contribution in [0.15, 0.2) is 53.4 Å². The zero-order valence-corrected chi connectivity index (χ0v) is 20.3. The number of nitrogens with zero attached hydrogens (tertiary/aromatic N) is 3. The molecule has 2 saturated heterocycles. The summed E-state index contributed by atoms with van der Waals surface area (Å²) in [6.07, 6.45) is 2.27. The first-order valence-electron chi connectivity index (χ1n) is 12.0. The van der Waals surface area contributed by atoms with Crippen LogP contribution >= 0.6 is 0 Å². The van der Waals surface area contributed by atoms with Crippen LogP contribution in [0.1, 0.15) is 29.6 Å². The van der Waals surface area contributed by atoms with E-state index in [1.165, 1.54) is 28.6 Å². The van der Waals surface area contributed by atoms with E-state index in [9.17, 15) is 18.0 Å². The molecule has 0 aliphatic carbocycles. The normalized spacial score (nSPS) is 21.2. The molecule has 0 spiro atoms. The van der Waals surface area contributed by atoms with Crippen molar-refractivity contribution in [2.75, 3.05) is 50.8 Å². The van der Waals surface area contributed by atoms with E-state index >= 15 is 0 Å². The molecule has 0 aromatic heterocycles. The molecule has 0 bridgehead atoms. The highest BCUT2D eigenvalue weighted by atomic mass is 32.2. The summed E-state index contributed by atoms with van der Waals surface area (Å²) in [6, 6.07) is 13.1. The highest BCUT2D eigenvalue weighted by Crippen LogP contribution is 2.35. The van der Waals surface area contributed by atoms with Crippen molar-refractivity contribution in [3.63, 3.8) is 0 Å². The number of hydrogen-bond acceptors (Lipinski definition) is 6. The number of carbonyl (C=O) groups excluding carboxylic acids is 2. The van der Waals surface area contributed by atoms with E-state index in [4.69, 9.17) is 9.47 Å². The van der Waals surface area contributed by atoms with Gasteiger partial charge in [0.25, 0.3) is 11.8 Å². The second-order valence-electron chi connectivity index (χ2n) is 8.92. The number of anilines is 1. The molecule has 1 atom stereocenters. The van der Waals surface area contributed by atoms with E-state index in [0.717, 1.165) is 19.3 Å². The van der Waals surface area contributed by atoms with E-state index in [1.807, 2.05) is 11.0 Å². The number of morpholine rings is 1. The maximum absolute atomic E-state index is 13.5. The number of rotatable bonds is 4. The van der Waals surface area contributed by atoms with E-state index in [-0.39, 0.29) is 23.3 Å². The molecule has 35 heavy (non-hydrogen) atoms. The molecule has 0 unspecified atom stereocenters. The van der Waals surface area contributed by atoms with Gasteiger partial charge >= 0.3 is 0 Å². The van der Waals surface area contributed by atoms with Gasteiger partial charge < -0.3 is 19.3 Å². The predicted molar refractivity (Wildman–Crippen MR) is 129 cm³/mol. The summed E-state index contributed by atoms with van der Waals surface area (Å²) in [7, 11) is -3.65. The van der Waals surface area contributed by atoms with Crippen LogP contribution in [-0.2, 0) is 19.6 Å². The zero-order chi connectivity index (χ0) is 24.4. The molecule has 0 saturated carbocycles. The number of piperidine rings is 1. The zero-order valence-electron chi connectivity index (χ0n) is 19.5. The molecule has 10 heteroatoms. The Labute approximate surface area is 205 Å². The number of amides is 2. The number of carbonyl (C=O) groups is 2. The van der Waals surface area contributed by atoms with E-state index < -0.39 is 16.1 Å².